The van der Waals surface area contributed by atoms with Crippen LogP contribution in [0.25, 0.3) is 5.65 Å². The van der Waals surface area contributed by atoms with Gasteiger partial charge in [0.15, 0.2) is 0 Å². The van der Waals surface area contributed by atoms with E-state index in [2.05, 4.69) is 42.4 Å². The second-order valence-corrected chi connectivity index (χ2v) is 4.43. The summed E-state index contributed by atoms with van der Waals surface area (Å²) < 4.78 is 2.09. The van der Waals surface area contributed by atoms with Crippen molar-refractivity contribution in [3.8, 4) is 0 Å². The zero-order chi connectivity index (χ0) is 11.0. The Balaban J connectivity index is 2.74. The Bertz CT molecular complexity index is 486. The third kappa shape index (κ3) is 1.74. The van der Waals surface area contributed by atoms with Crippen LogP contribution in [0.5, 0.6) is 0 Å². The summed E-state index contributed by atoms with van der Waals surface area (Å²) >= 11 is 5.99. The molecule has 2 heterocycles. The standard InChI is InChI=1S/C12H15ClN2/c1-8(2)12-10(6-13)15-7-9(3)4-5-11(15)14-12/h4-5,7-8H,6H2,1-3H3. The molecule has 0 N–H and O–H groups in total. The minimum absolute atomic E-state index is 0.416. The molecule has 2 nitrogen and oxygen atoms in total. The van der Waals surface area contributed by atoms with Crippen molar-refractivity contribution < 1.29 is 0 Å². The summed E-state index contributed by atoms with van der Waals surface area (Å²) in [7, 11) is 0. The van der Waals surface area contributed by atoms with Crippen molar-refractivity contribution in [2.75, 3.05) is 0 Å². The van der Waals surface area contributed by atoms with E-state index in [1.54, 1.807) is 0 Å². The number of imidazole rings is 1. The first-order valence-electron chi connectivity index (χ1n) is 5.17. The van der Waals surface area contributed by atoms with Crippen molar-refractivity contribution in [3.63, 3.8) is 0 Å². The maximum Gasteiger partial charge on any atom is 0.137 e. The average molecular weight is 223 g/mol. The van der Waals surface area contributed by atoms with E-state index < -0.39 is 0 Å². The van der Waals surface area contributed by atoms with E-state index in [1.807, 2.05) is 6.07 Å². The minimum atomic E-state index is 0.416. The van der Waals surface area contributed by atoms with Crippen LogP contribution in [0.3, 0.4) is 0 Å². The molecule has 0 radical (unpaired) electrons. The van der Waals surface area contributed by atoms with Crippen molar-refractivity contribution in [2.45, 2.75) is 32.6 Å². The summed E-state index contributed by atoms with van der Waals surface area (Å²) in [6.07, 6.45) is 2.09. The topological polar surface area (TPSA) is 17.3 Å². The molecule has 0 bridgehead atoms. The third-order valence-electron chi connectivity index (χ3n) is 2.57. The molecule has 3 heteroatoms. The summed E-state index contributed by atoms with van der Waals surface area (Å²) in [5.41, 5.74) is 4.43. The number of aromatic nitrogens is 2. The number of alkyl halides is 1. The first-order valence-corrected chi connectivity index (χ1v) is 5.70. The first-order chi connectivity index (χ1) is 7.13. The van der Waals surface area contributed by atoms with Crippen LogP contribution >= 0.6 is 11.6 Å². The molecule has 0 aliphatic rings. The highest BCUT2D eigenvalue weighted by atomic mass is 35.5. The molecule has 0 spiro atoms. The highest BCUT2D eigenvalue weighted by Crippen LogP contribution is 2.22. The first kappa shape index (κ1) is 10.5. The van der Waals surface area contributed by atoms with E-state index in [9.17, 15) is 0 Å². The van der Waals surface area contributed by atoms with E-state index >= 15 is 0 Å². The fourth-order valence-corrected chi connectivity index (χ4v) is 2.08. The molecule has 0 aromatic carbocycles. The molecule has 15 heavy (non-hydrogen) atoms. The molecule has 0 aliphatic heterocycles. The molecular weight excluding hydrogens is 208 g/mol. The number of nitrogens with zero attached hydrogens (tertiary/aromatic N) is 2. The highest BCUT2D eigenvalue weighted by molar-refractivity contribution is 6.17. The third-order valence-corrected chi connectivity index (χ3v) is 2.82. The fraction of sp³-hybridized carbons (Fsp3) is 0.417. The monoisotopic (exact) mass is 222 g/mol. The van der Waals surface area contributed by atoms with Gasteiger partial charge in [-0.05, 0) is 24.5 Å². The molecular formula is C12H15ClN2. The van der Waals surface area contributed by atoms with E-state index in [-0.39, 0.29) is 0 Å². The highest BCUT2D eigenvalue weighted by Gasteiger charge is 2.13. The Morgan fingerprint density at radius 2 is 2.13 bits per heavy atom. The lowest BCUT2D eigenvalue weighted by molar-refractivity contribution is 0.818. The second-order valence-electron chi connectivity index (χ2n) is 4.17. The Morgan fingerprint density at radius 1 is 1.40 bits per heavy atom. The maximum absolute atomic E-state index is 5.99. The van der Waals surface area contributed by atoms with E-state index in [0.717, 1.165) is 17.0 Å². The van der Waals surface area contributed by atoms with Crippen LogP contribution in [-0.2, 0) is 5.88 Å². The van der Waals surface area contributed by atoms with Crippen LogP contribution in [0, 0.1) is 6.92 Å². The van der Waals surface area contributed by atoms with Crippen LogP contribution < -0.4 is 0 Å². The van der Waals surface area contributed by atoms with Gasteiger partial charge < -0.3 is 4.40 Å². The normalized spacial score (nSPS) is 11.5. The van der Waals surface area contributed by atoms with Crippen molar-refractivity contribution in [1.82, 2.24) is 9.38 Å². The number of fused-ring (bicyclic) bond motifs is 1. The van der Waals surface area contributed by atoms with Crippen molar-refractivity contribution in [3.05, 3.63) is 35.3 Å². The molecule has 0 saturated carbocycles. The number of hydrogen-bond donors (Lipinski definition) is 0. The van der Waals surface area contributed by atoms with Gasteiger partial charge in [0.25, 0.3) is 0 Å². The van der Waals surface area contributed by atoms with Crippen LogP contribution in [0.15, 0.2) is 18.3 Å². The van der Waals surface area contributed by atoms with Crippen molar-refractivity contribution in [1.29, 1.82) is 0 Å². The average Bonchev–Trinajstić information content (AvgIpc) is 2.55. The lowest BCUT2D eigenvalue weighted by atomic mass is 10.1. The van der Waals surface area contributed by atoms with Crippen molar-refractivity contribution in [2.24, 2.45) is 0 Å². The lowest BCUT2D eigenvalue weighted by Gasteiger charge is -2.03. The summed E-state index contributed by atoms with van der Waals surface area (Å²) in [6, 6.07) is 4.11. The maximum atomic E-state index is 5.99. The molecule has 2 aromatic rings. The molecule has 0 amide bonds. The van der Waals surface area contributed by atoms with Crippen LogP contribution in [0.4, 0.5) is 0 Å². The Morgan fingerprint density at radius 3 is 2.73 bits per heavy atom. The largest absolute Gasteiger partial charge is 0.302 e. The summed E-state index contributed by atoms with van der Waals surface area (Å²) in [5, 5.41) is 0. The summed E-state index contributed by atoms with van der Waals surface area (Å²) in [6.45, 7) is 6.36. The molecule has 0 aliphatic carbocycles. The van der Waals surface area contributed by atoms with Gasteiger partial charge in [-0.25, -0.2) is 4.98 Å². The molecule has 2 rings (SSSR count). The zero-order valence-electron chi connectivity index (χ0n) is 9.29. The van der Waals surface area contributed by atoms with E-state index in [0.29, 0.717) is 11.8 Å². The molecule has 0 fully saturated rings. The van der Waals surface area contributed by atoms with Gasteiger partial charge in [0.1, 0.15) is 5.65 Å². The summed E-state index contributed by atoms with van der Waals surface area (Å²) in [5.74, 6) is 0.928. The number of hydrogen-bond acceptors (Lipinski definition) is 1. The number of aryl methyl sites for hydroxylation is 1. The van der Waals surface area contributed by atoms with Gasteiger partial charge in [0.2, 0.25) is 0 Å². The van der Waals surface area contributed by atoms with Crippen LogP contribution in [0.1, 0.15) is 36.7 Å². The van der Waals surface area contributed by atoms with Crippen LogP contribution in [-0.4, -0.2) is 9.38 Å². The fourth-order valence-electron chi connectivity index (χ4n) is 1.81. The minimum Gasteiger partial charge on any atom is -0.302 e. The van der Waals surface area contributed by atoms with Gasteiger partial charge in [-0.3, -0.25) is 0 Å². The Labute approximate surface area is 94.9 Å². The van der Waals surface area contributed by atoms with E-state index in [1.165, 1.54) is 5.56 Å². The Hall–Kier alpha value is -1.02. The van der Waals surface area contributed by atoms with Gasteiger partial charge in [-0.15, -0.1) is 11.6 Å². The van der Waals surface area contributed by atoms with Gasteiger partial charge in [-0.1, -0.05) is 19.9 Å². The van der Waals surface area contributed by atoms with Crippen molar-refractivity contribution >= 4 is 17.2 Å². The molecule has 2 aromatic heterocycles. The molecule has 80 valence electrons. The van der Waals surface area contributed by atoms with E-state index in [4.69, 9.17) is 11.6 Å². The lowest BCUT2D eigenvalue weighted by Crippen LogP contribution is -1.95. The molecule has 0 saturated heterocycles. The Kier molecular flexibility index (Phi) is 2.70. The molecule has 0 unspecified atom stereocenters. The summed E-state index contributed by atoms with van der Waals surface area (Å²) in [4.78, 5) is 4.60. The predicted octanol–water partition coefficient (Wildman–Crippen LogP) is 3.50. The van der Waals surface area contributed by atoms with Gasteiger partial charge in [0.05, 0.1) is 17.3 Å². The number of halogens is 1. The SMILES string of the molecule is Cc1ccc2nc(C(C)C)c(CCl)n2c1. The van der Waals surface area contributed by atoms with Gasteiger partial charge in [0, 0.05) is 6.20 Å². The number of pyridine rings is 1. The van der Waals surface area contributed by atoms with Gasteiger partial charge >= 0.3 is 0 Å². The quantitative estimate of drug-likeness (QED) is 0.711. The zero-order valence-corrected chi connectivity index (χ0v) is 10.0. The molecule has 0 atom stereocenters. The smallest absolute Gasteiger partial charge is 0.137 e. The number of rotatable bonds is 2. The van der Waals surface area contributed by atoms with Crippen LogP contribution in [0.2, 0.25) is 0 Å². The predicted molar refractivity (Wildman–Crippen MR) is 63.6 cm³/mol. The van der Waals surface area contributed by atoms with Gasteiger partial charge in [-0.2, -0.15) is 0 Å². The second kappa shape index (κ2) is 3.86.